The van der Waals surface area contributed by atoms with Gasteiger partial charge in [0.05, 0.1) is 28.8 Å². The standard InChI is InChI=1S/C29H28ClF5N4O4S/c1-5-23(40)39-14(2)9-37(10-15(39)3)27-18-6-19(29(33,34)35)24(17-7-20(30)22(32)8-21(17)31)26-25(18)38(28(41)36-27)11-16(12-44-26)43-13-42-4/h5-8,14-16H,1,9-13H2,2-4H3/t14-,15+,16-/m1/s1. The monoisotopic (exact) mass is 658 g/mol. The van der Waals surface area contributed by atoms with Gasteiger partial charge in [-0.15, -0.1) is 11.8 Å². The van der Waals surface area contributed by atoms with Crippen molar-refractivity contribution in [1.29, 1.82) is 0 Å². The summed E-state index contributed by atoms with van der Waals surface area (Å²) in [5.74, 6) is -2.60. The molecular formula is C29H28ClF5N4O4S. The summed E-state index contributed by atoms with van der Waals surface area (Å²) in [4.78, 5) is 33.6. The fraction of sp³-hybridized carbons (Fsp3) is 0.414. The highest BCUT2D eigenvalue weighted by Crippen LogP contribution is 2.49. The molecule has 1 fully saturated rings. The van der Waals surface area contributed by atoms with Gasteiger partial charge in [-0.1, -0.05) is 18.2 Å². The number of halogens is 6. The molecular weight excluding hydrogens is 631 g/mol. The smallest absolute Gasteiger partial charge is 0.359 e. The number of thioether (sulfide) groups is 1. The molecule has 2 aromatic carbocycles. The lowest BCUT2D eigenvalue weighted by Gasteiger charge is -2.44. The fourth-order valence-electron chi connectivity index (χ4n) is 5.88. The molecule has 15 heteroatoms. The number of anilines is 1. The molecule has 2 aliphatic rings. The molecule has 0 unspecified atom stereocenters. The molecule has 1 amide bonds. The highest BCUT2D eigenvalue weighted by molar-refractivity contribution is 7.99. The lowest BCUT2D eigenvalue weighted by atomic mass is 9.95. The zero-order valence-electron chi connectivity index (χ0n) is 23.9. The van der Waals surface area contributed by atoms with Crippen molar-refractivity contribution in [2.75, 3.05) is 37.6 Å². The Labute approximate surface area is 258 Å². The number of hydrogen-bond donors (Lipinski definition) is 0. The van der Waals surface area contributed by atoms with E-state index in [4.69, 9.17) is 21.1 Å². The minimum atomic E-state index is -5.00. The molecule has 1 aromatic heterocycles. The topological polar surface area (TPSA) is 76.9 Å². The zero-order chi connectivity index (χ0) is 32.1. The fourth-order valence-corrected chi connectivity index (χ4v) is 7.32. The van der Waals surface area contributed by atoms with E-state index < -0.39 is 63.4 Å². The Morgan fingerprint density at radius 3 is 2.45 bits per heavy atom. The van der Waals surface area contributed by atoms with Gasteiger partial charge in [-0.25, -0.2) is 13.6 Å². The third-order valence-electron chi connectivity index (χ3n) is 7.65. The number of hydrogen-bond acceptors (Lipinski definition) is 7. The molecule has 3 heterocycles. The summed E-state index contributed by atoms with van der Waals surface area (Å²) in [6, 6.07) is 1.30. The van der Waals surface area contributed by atoms with Crippen LogP contribution in [0.25, 0.3) is 22.0 Å². The molecule has 3 aromatic rings. The summed E-state index contributed by atoms with van der Waals surface area (Å²) in [7, 11) is 1.40. The Kier molecular flexibility index (Phi) is 9.00. The van der Waals surface area contributed by atoms with Crippen LogP contribution < -0.4 is 10.6 Å². The van der Waals surface area contributed by atoms with E-state index in [1.807, 2.05) is 0 Å². The molecule has 8 nitrogen and oxygen atoms in total. The Morgan fingerprint density at radius 2 is 1.84 bits per heavy atom. The lowest BCUT2D eigenvalue weighted by molar-refractivity contribution is -0.137. The first-order valence-electron chi connectivity index (χ1n) is 13.5. The van der Waals surface area contributed by atoms with Gasteiger partial charge < -0.3 is 19.3 Å². The first-order chi connectivity index (χ1) is 20.8. The van der Waals surface area contributed by atoms with Crippen molar-refractivity contribution in [3.05, 3.63) is 63.6 Å². The van der Waals surface area contributed by atoms with Crippen molar-refractivity contribution in [2.24, 2.45) is 0 Å². The number of carbonyl (C=O) groups is 1. The third kappa shape index (κ3) is 5.80. The van der Waals surface area contributed by atoms with Gasteiger partial charge in [-0.3, -0.25) is 9.36 Å². The molecule has 0 N–H and O–H groups in total. The van der Waals surface area contributed by atoms with Crippen LogP contribution in [-0.4, -0.2) is 71.3 Å². The number of ether oxygens (including phenoxy) is 2. The van der Waals surface area contributed by atoms with Gasteiger partial charge in [0, 0.05) is 65.5 Å². The number of methoxy groups -OCH3 is 1. The van der Waals surface area contributed by atoms with Crippen LogP contribution in [0.1, 0.15) is 19.4 Å². The Morgan fingerprint density at radius 1 is 1.16 bits per heavy atom. The number of benzene rings is 2. The maximum atomic E-state index is 15.3. The summed E-state index contributed by atoms with van der Waals surface area (Å²) in [6.45, 7) is 7.22. The first kappa shape index (κ1) is 32.2. The minimum Gasteiger partial charge on any atom is -0.359 e. The molecule has 0 radical (unpaired) electrons. The minimum absolute atomic E-state index is 0.00146. The summed E-state index contributed by atoms with van der Waals surface area (Å²) in [5.41, 5.74) is -3.01. The maximum Gasteiger partial charge on any atom is 0.417 e. The van der Waals surface area contributed by atoms with E-state index in [1.165, 1.54) is 17.8 Å². The molecule has 2 aliphatic heterocycles. The lowest BCUT2D eigenvalue weighted by Crippen LogP contribution is -2.58. The molecule has 5 rings (SSSR count). The normalized spacial score (nSPS) is 20.6. The van der Waals surface area contributed by atoms with E-state index in [9.17, 15) is 27.2 Å². The Balaban J connectivity index is 1.83. The Hall–Kier alpha value is -3.20. The van der Waals surface area contributed by atoms with Gasteiger partial charge >= 0.3 is 11.9 Å². The van der Waals surface area contributed by atoms with E-state index in [2.05, 4.69) is 11.6 Å². The van der Waals surface area contributed by atoms with Crippen LogP contribution in [0.5, 0.6) is 0 Å². The Bertz CT molecular complexity index is 1690. The highest BCUT2D eigenvalue weighted by Gasteiger charge is 2.40. The number of amides is 1. The van der Waals surface area contributed by atoms with Crippen molar-refractivity contribution >= 4 is 46.0 Å². The second kappa shape index (κ2) is 12.3. The van der Waals surface area contributed by atoms with Gasteiger partial charge in [0.15, 0.2) is 0 Å². The van der Waals surface area contributed by atoms with E-state index in [0.717, 1.165) is 23.9 Å². The average molecular weight is 659 g/mol. The van der Waals surface area contributed by atoms with E-state index in [0.29, 0.717) is 6.07 Å². The molecule has 44 heavy (non-hydrogen) atoms. The quantitative estimate of drug-likeness (QED) is 0.145. The van der Waals surface area contributed by atoms with Crippen LogP contribution in [-0.2, 0) is 27.0 Å². The van der Waals surface area contributed by atoms with Crippen LogP contribution in [0.2, 0.25) is 5.02 Å². The first-order valence-corrected chi connectivity index (χ1v) is 14.9. The number of rotatable bonds is 6. The predicted octanol–water partition coefficient (Wildman–Crippen LogP) is 5.72. The maximum absolute atomic E-state index is 15.3. The van der Waals surface area contributed by atoms with Gasteiger partial charge in [0.25, 0.3) is 0 Å². The van der Waals surface area contributed by atoms with Crippen LogP contribution in [0.15, 0.2) is 40.5 Å². The van der Waals surface area contributed by atoms with Crippen LogP contribution >= 0.6 is 23.4 Å². The number of nitrogens with zero attached hydrogens (tertiary/aromatic N) is 4. The van der Waals surface area contributed by atoms with E-state index in [-0.39, 0.29) is 59.7 Å². The summed E-state index contributed by atoms with van der Waals surface area (Å²) in [6.07, 6.45) is -4.49. The van der Waals surface area contributed by atoms with E-state index >= 15 is 4.39 Å². The van der Waals surface area contributed by atoms with E-state index in [1.54, 1.807) is 23.6 Å². The number of piperazine rings is 1. The highest BCUT2D eigenvalue weighted by atomic mass is 35.5. The molecule has 0 bridgehead atoms. The molecule has 3 atom stereocenters. The third-order valence-corrected chi connectivity index (χ3v) is 9.17. The predicted molar refractivity (Wildman–Crippen MR) is 157 cm³/mol. The van der Waals surface area contributed by atoms with Crippen molar-refractivity contribution in [3.63, 3.8) is 0 Å². The second-order valence-corrected chi connectivity index (χ2v) is 12.1. The van der Waals surface area contributed by atoms with Crippen molar-refractivity contribution in [1.82, 2.24) is 14.5 Å². The summed E-state index contributed by atoms with van der Waals surface area (Å²) in [5, 5.41) is -0.559. The number of aromatic nitrogens is 2. The van der Waals surface area contributed by atoms with Crippen LogP contribution in [0.4, 0.5) is 27.8 Å². The van der Waals surface area contributed by atoms with Crippen molar-refractivity contribution in [3.8, 4) is 11.1 Å². The average Bonchev–Trinajstić information content (AvgIpc) is 3.15. The van der Waals surface area contributed by atoms with Crippen molar-refractivity contribution < 1.29 is 36.2 Å². The molecule has 1 saturated heterocycles. The van der Waals surface area contributed by atoms with Gasteiger partial charge in [0.1, 0.15) is 24.2 Å². The van der Waals surface area contributed by atoms with Crippen LogP contribution in [0, 0.1) is 11.6 Å². The second-order valence-electron chi connectivity index (χ2n) is 10.7. The molecule has 0 saturated carbocycles. The molecule has 0 spiro atoms. The number of carbonyl (C=O) groups excluding carboxylic acids is 1. The number of alkyl halides is 3. The summed E-state index contributed by atoms with van der Waals surface area (Å²) < 4.78 is 85.9. The van der Waals surface area contributed by atoms with Gasteiger partial charge in [-0.05, 0) is 32.1 Å². The van der Waals surface area contributed by atoms with Gasteiger partial charge in [0.2, 0.25) is 5.91 Å². The molecule has 236 valence electrons. The SMILES string of the molecule is C=CC(=O)N1[C@H](C)CN(c2nc(=O)n3c4c(c(-c5cc(Cl)c(F)cc5F)c(C(F)(F)F)cc24)SC[C@H](OCOC)C3)C[C@@H]1C. The zero-order valence-corrected chi connectivity index (χ0v) is 25.5. The summed E-state index contributed by atoms with van der Waals surface area (Å²) >= 11 is 6.88. The largest absolute Gasteiger partial charge is 0.417 e. The molecule has 0 aliphatic carbocycles. The van der Waals surface area contributed by atoms with Crippen LogP contribution in [0.3, 0.4) is 0 Å². The van der Waals surface area contributed by atoms with Crippen molar-refractivity contribution in [2.45, 2.75) is 49.7 Å². The van der Waals surface area contributed by atoms with Gasteiger partial charge in [-0.2, -0.15) is 18.2 Å².